The summed E-state index contributed by atoms with van der Waals surface area (Å²) in [5.41, 5.74) is 3.92. The Morgan fingerprint density at radius 2 is 1.77 bits per heavy atom. The Hall–Kier alpha value is -3.94. The summed E-state index contributed by atoms with van der Waals surface area (Å²) < 4.78 is 7.07. The molecule has 8 heteroatoms. The lowest BCUT2D eigenvalue weighted by molar-refractivity contribution is -0.126. The van der Waals surface area contributed by atoms with Crippen LogP contribution in [0.2, 0.25) is 0 Å². The highest BCUT2D eigenvalue weighted by Gasteiger charge is 2.28. The van der Waals surface area contributed by atoms with Crippen LogP contribution in [-0.2, 0) is 4.79 Å². The Labute approximate surface area is 205 Å². The molecule has 1 atom stereocenters. The molecule has 8 nitrogen and oxygen atoms in total. The topological polar surface area (TPSA) is 85.2 Å². The van der Waals surface area contributed by atoms with Crippen molar-refractivity contribution in [2.75, 3.05) is 25.1 Å². The van der Waals surface area contributed by atoms with Crippen LogP contribution in [0.4, 0.5) is 5.82 Å². The van der Waals surface area contributed by atoms with Crippen molar-refractivity contribution in [2.45, 2.75) is 32.7 Å². The average Bonchev–Trinajstić information content (AvgIpc) is 3.34. The van der Waals surface area contributed by atoms with E-state index in [-0.39, 0.29) is 17.9 Å². The van der Waals surface area contributed by atoms with Crippen molar-refractivity contribution >= 4 is 22.8 Å². The molecule has 0 radical (unpaired) electrons. The van der Waals surface area contributed by atoms with Gasteiger partial charge in [0, 0.05) is 25.2 Å². The third kappa shape index (κ3) is 4.82. The molecule has 0 saturated carbocycles. The number of carbonyl (C=O) groups is 1. The molecule has 1 N–H and O–H groups in total. The van der Waals surface area contributed by atoms with Crippen molar-refractivity contribution in [3.8, 4) is 11.4 Å². The van der Waals surface area contributed by atoms with Crippen molar-refractivity contribution in [3.63, 3.8) is 0 Å². The number of carbonyl (C=O) groups excluding carboxylic acids is 1. The van der Waals surface area contributed by atoms with Gasteiger partial charge in [0.1, 0.15) is 17.9 Å². The number of methoxy groups -OCH3 is 1. The van der Waals surface area contributed by atoms with Gasteiger partial charge in [0.05, 0.1) is 24.2 Å². The number of amides is 1. The maximum Gasteiger partial charge on any atom is 0.223 e. The second-order valence-electron chi connectivity index (χ2n) is 9.11. The third-order valence-electron chi connectivity index (χ3n) is 6.73. The molecule has 1 amide bonds. The van der Waals surface area contributed by atoms with Gasteiger partial charge < -0.3 is 15.0 Å². The fourth-order valence-corrected chi connectivity index (χ4v) is 4.57. The summed E-state index contributed by atoms with van der Waals surface area (Å²) in [5, 5.41) is 8.75. The minimum Gasteiger partial charge on any atom is -0.497 e. The molecule has 1 fully saturated rings. The van der Waals surface area contributed by atoms with Gasteiger partial charge in [0.25, 0.3) is 0 Å². The minimum absolute atomic E-state index is 0.0143. The highest BCUT2D eigenvalue weighted by Crippen LogP contribution is 2.28. The van der Waals surface area contributed by atoms with Crippen LogP contribution in [-0.4, -0.2) is 45.9 Å². The van der Waals surface area contributed by atoms with Gasteiger partial charge in [0.2, 0.25) is 5.91 Å². The van der Waals surface area contributed by atoms with E-state index in [4.69, 9.17) is 4.74 Å². The van der Waals surface area contributed by atoms with Gasteiger partial charge in [-0.3, -0.25) is 4.79 Å². The zero-order valence-electron chi connectivity index (χ0n) is 20.3. The molecule has 1 unspecified atom stereocenters. The number of benzene rings is 2. The number of hydrogen-bond acceptors (Lipinski definition) is 6. The molecule has 4 aromatic rings. The first-order valence-electron chi connectivity index (χ1n) is 12.0. The SMILES string of the molecule is COc1ccc(C(C)NC(=O)C2CCN(c3ncnc4nn(-c5ccc(C)cc5)cc34)CC2)cc1. The molecule has 0 spiro atoms. The number of rotatable bonds is 6. The molecule has 0 aliphatic carbocycles. The summed E-state index contributed by atoms with van der Waals surface area (Å²) in [6, 6.07) is 16.0. The molecule has 5 rings (SSSR count). The molecule has 1 aliphatic heterocycles. The van der Waals surface area contributed by atoms with E-state index in [0.717, 1.165) is 54.1 Å². The van der Waals surface area contributed by atoms with Crippen LogP contribution in [0.15, 0.2) is 61.1 Å². The van der Waals surface area contributed by atoms with Gasteiger partial charge in [-0.05, 0) is 56.5 Å². The summed E-state index contributed by atoms with van der Waals surface area (Å²) in [6.07, 6.45) is 5.11. The van der Waals surface area contributed by atoms with Gasteiger partial charge in [-0.1, -0.05) is 29.8 Å². The van der Waals surface area contributed by atoms with Crippen molar-refractivity contribution in [1.29, 1.82) is 0 Å². The Morgan fingerprint density at radius 1 is 1.06 bits per heavy atom. The van der Waals surface area contributed by atoms with Gasteiger partial charge in [-0.15, -0.1) is 5.10 Å². The standard InChI is InChI=1S/C27H30N6O2/c1-18-4-8-22(9-5-18)33-16-24-25(31-33)28-17-29-26(24)32-14-12-21(13-15-32)27(34)30-19(2)20-6-10-23(35-3)11-7-20/h4-11,16-17,19,21H,12-15H2,1-3H3,(H,30,34). The van der Waals surface area contributed by atoms with Gasteiger partial charge in [-0.2, -0.15) is 0 Å². The van der Waals surface area contributed by atoms with E-state index in [0.29, 0.717) is 5.65 Å². The maximum atomic E-state index is 13.0. The van der Waals surface area contributed by atoms with Gasteiger partial charge >= 0.3 is 0 Å². The summed E-state index contributed by atoms with van der Waals surface area (Å²) in [6.45, 7) is 5.60. The summed E-state index contributed by atoms with van der Waals surface area (Å²) in [5.74, 6) is 1.77. The van der Waals surface area contributed by atoms with Crippen molar-refractivity contribution in [2.24, 2.45) is 5.92 Å². The summed E-state index contributed by atoms with van der Waals surface area (Å²) in [4.78, 5) is 24.1. The normalized spacial score (nSPS) is 15.2. The highest BCUT2D eigenvalue weighted by molar-refractivity contribution is 5.87. The van der Waals surface area contributed by atoms with Crippen molar-refractivity contribution in [3.05, 3.63) is 72.2 Å². The van der Waals surface area contributed by atoms with E-state index >= 15 is 0 Å². The first kappa shape index (κ1) is 22.8. The predicted molar refractivity (Wildman–Crippen MR) is 136 cm³/mol. The number of aromatic nitrogens is 4. The molecular weight excluding hydrogens is 440 g/mol. The Kier molecular flexibility index (Phi) is 6.35. The van der Waals surface area contributed by atoms with Crippen LogP contribution >= 0.6 is 0 Å². The molecular formula is C27H30N6O2. The first-order chi connectivity index (χ1) is 17.0. The predicted octanol–water partition coefficient (Wildman–Crippen LogP) is 4.23. The number of hydrogen-bond donors (Lipinski definition) is 1. The molecule has 180 valence electrons. The molecule has 0 bridgehead atoms. The Bertz CT molecular complexity index is 1310. The number of fused-ring (bicyclic) bond motifs is 1. The van der Waals surface area contributed by atoms with Crippen LogP contribution < -0.4 is 15.0 Å². The number of piperidine rings is 1. The fraction of sp³-hybridized carbons (Fsp3) is 0.333. The van der Waals surface area contributed by atoms with E-state index in [1.165, 1.54) is 5.56 Å². The van der Waals surface area contributed by atoms with Crippen molar-refractivity contribution in [1.82, 2.24) is 25.1 Å². The average molecular weight is 471 g/mol. The lowest BCUT2D eigenvalue weighted by Gasteiger charge is -2.32. The van der Waals surface area contributed by atoms with E-state index in [2.05, 4.69) is 44.3 Å². The van der Waals surface area contributed by atoms with Gasteiger partial charge in [-0.25, -0.2) is 14.6 Å². The fourth-order valence-electron chi connectivity index (χ4n) is 4.57. The molecule has 1 aliphatic rings. The number of nitrogens with one attached hydrogen (secondary N) is 1. The molecule has 3 heterocycles. The van der Waals surface area contributed by atoms with E-state index in [9.17, 15) is 4.79 Å². The lowest BCUT2D eigenvalue weighted by Crippen LogP contribution is -2.41. The quantitative estimate of drug-likeness (QED) is 0.454. The molecule has 2 aromatic carbocycles. The van der Waals surface area contributed by atoms with Crippen LogP contribution in [0, 0.1) is 12.8 Å². The summed E-state index contributed by atoms with van der Waals surface area (Å²) in [7, 11) is 1.65. The first-order valence-corrected chi connectivity index (χ1v) is 12.0. The molecule has 35 heavy (non-hydrogen) atoms. The van der Waals surface area contributed by atoms with Crippen LogP contribution in [0.5, 0.6) is 5.75 Å². The van der Waals surface area contributed by atoms with E-state index in [1.807, 2.05) is 54.2 Å². The largest absolute Gasteiger partial charge is 0.497 e. The Balaban J connectivity index is 1.24. The van der Waals surface area contributed by atoms with Crippen LogP contribution in [0.25, 0.3) is 16.7 Å². The zero-order valence-corrected chi connectivity index (χ0v) is 20.3. The lowest BCUT2D eigenvalue weighted by atomic mass is 9.95. The molecule has 2 aromatic heterocycles. The number of anilines is 1. The van der Waals surface area contributed by atoms with E-state index in [1.54, 1.807) is 13.4 Å². The highest BCUT2D eigenvalue weighted by atomic mass is 16.5. The number of nitrogens with zero attached hydrogens (tertiary/aromatic N) is 5. The van der Waals surface area contributed by atoms with Crippen LogP contribution in [0.1, 0.15) is 36.9 Å². The maximum absolute atomic E-state index is 13.0. The third-order valence-corrected chi connectivity index (χ3v) is 6.73. The minimum atomic E-state index is -0.0551. The smallest absolute Gasteiger partial charge is 0.223 e. The van der Waals surface area contributed by atoms with E-state index < -0.39 is 0 Å². The van der Waals surface area contributed by atoms with Crippen LogP contribution in [0.3, 0.4) is 0 Å². The second-order valence-corrected chi connectivity index (χ2v) is 9.11. The number of aryl methyl sites for hydroxylation is 1. The molecule has 1 saturated heterocycles. The Morgan fingerprint density at radius 3 is 2.46 bits per heavy atom. The summed E-state index contributed by atoms with van der Waals surface area (Å²) >= 11 is 0. The van der Waals surface area contributed by atoms with Crippen molar-refractivity contribution < 1.29 is 9.53 Å². The van der Waals surface area contributed by atoms with Gasteiger partial charge in [0.15, 0.2) is 5.65 Å². The monoisotopic (exact) mass is 470 g/mol. The zero-order chi connectivity index (χ0) is 24.4. The number of ether oxygens (including phenoxy) is 1. The second kappa shape index (κ2) is 9.74.